The number of benzene rings is 1. The Morgan fingerprint density at radius 2 is 2.05 bits per heavy atom. The zero-order chi connectivity index (χ0) is 15.9. The van der Waals surface area contributed by atoms with Crippen molar-refractivity contribution >= 4 is 5.96 Å². The molecule has 1 aromatic carbocycles. The van der Waals surface area contributed by atoms with Gasteiger partial charge >= 0.3 is 0 Å². The maximum Gasteiger partial charge on any atom is 0.189 e. The van der Waals surface area contributed by atoms with Gasteiger partial charge in [-0.15, -0.1) is 0 Å². The highest BCUT2D eigenvalue weighted by Crippen LogP contribution is 2.17. The van der Waals surface area contributed by atoms with Crippen LogP contribution in [0.3, 0.4) is 0 Å². The molecule has 0 atom stereocenters. The third-order valence-corrected chi connectivity index (χ3v) is 3.99. The lowest BCUT2D eigenvalue weighted by molar-refractivity contribution is 0.392. The van der Waals surface area contributed by atoms with E-state index in [1.165, 1.54) is 38.2 Å². The first-order valence-electron chi connectivity index (χ1n) is 8.03. The van der Waals surface area contributed by atoms with E-state index in [9.17, 15) is 4.39 Å². The normalized spacial score (nSPS) is 17.0. The Morgan fingerprint density at radius 3 is 2.73 bits per heavy atom. The molecule has 2 rings (SSSR count). The molecule has 0 aliphatic heterocycles. The molecule has 1 aliphatic rings. The molecule has 0 saturated heterocycles. The van der Waals surface area contributed by atoms with Crippen molar-refractivity contribution in [3.8, 4) is 0 Å². The molecule has 0 radical (unpaired) electrons. The van der Waals surface area contributed by atoms with Gasteiger partial charge in [0, 0.05) is 18.2 Å². The van der Waals surface area contributed by atoms with Crippen molar-refractivity contribution in [3.63, 3.8) is 0 Å². The fourth-order valence-corrected chi connectivity index (χ4v) is 2.87. The zero-order valence-electron chi connectivity index (χ0n) is 13.6. The molecule has 3 N–H and O–H groups in total. The van der Waals surface area contributed by atoms with Crippen molar-refractivity contribution in [1.29, 1.82) is 0 Å². The van der Waals surface area contributed by atoms with E-state index in [4.69, 9.17) is 5.73 Å². The van der Waals surface area contributed by atoms with Gasteiger partial charge in [0.25, 0.3) is 0 Å². The van der Waals surface area contributed by atoms with E-state index < -0.39 is 0 Å². The first-order valence-corrected chi connectivity index (χ1v) is 8.03. The number of nitrogens with zero attached hydrogens (tertiary/aromatic N) is 2. The molecule has 0 spiro atoms. The molecule has 0 unspecified atom stereocenters. The molecule has 1 saturated carbocycles. The minimum absolute atomic E-state index is 0.172. The second kappa shape index (κ2) is 8.13. The first kappa shape index (κ1) is 16.7. The number of nitrogens with two attached hydrogens (primary N) is 1. The quantitative estimate of drug-likeness (QED) is 0.649. The van der Waals surface area contributed by atoms with Crippen molar-refractivity contribution in [2.75, 3.05) is 14.1 Å². The number of guanidine groups is 1. The summed E-state index contributed by atoms with van der Waals surface area (Å²) in [5.41, 5.74) is 7.63. The lowest BCUT2D eigenvalue weighted by atomic mass is 9.96. The molecule has 5 heteroatoms. The summed E-state index contributed by atoms with van der Waals surface area (Å²) >= 11 is 0. The first-order chi connectivity index (χ1) is 10.5. The summed E-state index contributed by atoms with van der Waals surface area (Å²) in [7, 11) is 3.85. The van der Waals surface area contributed by atoms with E-state index in [1.54, 1.807) is 6.07 Å². The molecular weight excluding hydrogens is 279 g/mol. The molecule has 1 fully saturated rings. The monoisotopic (exact) mass is 306 g/mol. The standard InChI is InChI=1S/C17H27FN4/c1-22(2)12-14-10-13(8-9-16(14)18)11-20-17(19)21-15-6-4-3-5-7-15/h8-10,15H,3-7,11-12H2,1-2H3,(H3,19,20,21). The summed E-state index contributed by atoms with van der Waals surface area (Å²) in [5, 5.41) is 3.29. The maximum absolute atomic E-state index is 13.7. The second-order valence-electron chi connectivity index (χ2n) is 6.34. The highest BCUT2D eigenvalue weighted by molar-refractivity contribution is 5.78. The lowest BCUT2D eigenvalue weighted by Gasteiger charge is -2.23. The average molecular weight is 306 g/mol. The van der Waals surface area contributed by atoms with Crippen molar-refractivity contribution in [1.82, 2.24) is 10.2 Å². The topological polar surface area (TPSA) is 53.6 Å². The van der Waals surface area contributed by atoms with Crippen molar-refractivity contribution in [2.24, 2.45) is 10.7 Å². The zero-order valence-corrected chi connectivity index (χ0v) is 13.6. The Kier molecular flexibility index (Phi) is 6.19. The molecule has 1 aliphatic carbocycles. The number of nitrogens with one attached hydrogen (secondary N) is 1. The molecule has 1 aromatic rings. The fraction of sp³-hybridized carbons (Fsp3) is 0.588. The number of rotatable bonds is 5. The third kappa shape index (κ3) is 5.30. The number of halogens is 1. The van der Waals surface area contributed by atoms with Gasteiger partial charge in [-0.2, -0.15) is 0 Å². The van der Waals surface area contributed by atoms with Crippen LogP contribution in [0.4, 0.5) is 4.39 Å². The Hall–Kier alpha value is -1.62. The molecule has 0 bridgehead atoms. The van der Waals surface area contributed by atoms with E-state index in [1.807, 2.05) is 25.1 Å². The van der Waals surface area contributed by atoms with Gasteiger partial charge in [-0.1, -0.05) is 25.3 Å². The van der Waals surface area contributed by atoms with Crippen LogP contribution in [0.2, 0.25) is 0 Å². The van der Waals surface area contributed by atoms with Crippen molar-refractivity contribution in [2.45, 2.75) is 51.2 Å². The number of hydrogen-bond acceptors (Lipinski definition) is 2. The molecule has 22 heavy (non-hydrogen) atoms. The van der Waals surface area contributed by atoms with Crippen LogP contribution in [-0.2, 0) is 13.1 Å². The predicted octanol–water partition coefficient (Wildman–Crippen LogP) is 2.62. The molecule has 0 amide bonds. The van der Waals surface area contributed by atoms with Gasteiger partial charge in [0.15, 0.2) is 5.96 Å². The van der Waals surface area contributed by atoms with Gasteiger partial charge < -0.3 is 16.0 Å². The van der Waals surface area contributed by atoms with Gasteiger partial charge in [0.2, 0.25) is 0 Å². The van der Waals surface area contributed by atoms with E-state index in [-0.39, 0.29) is 5.82 Å². The van der Waals surface area contributed by atoms with Crippen LogP contribution in [0.5, 0.6) is 0 Å². The highest BCUT2D eigenvalue weighted by Gasteiger charge is 2.13. The van der Waals surface area contributed by atoms with Crippen molar-refractivity contribution in [3.05, 3.63) is 35.1 Å². The molecule has 122 valence electrons. The summed E-state index contributed by atoms with van der Waals surface area (Å²) in [5.74, 6) is 0.320. The van der Waals surface area contributed by atoms with Gasteiger partial charge in [-0.25, -0.2) is 9.38 Å². The summed E-state index contributed by atoms with van der Waals surface area (Å²) < 4.78 is 13.7. The molecule has 4 nitrogen and oxygen atoms in total. The Labute approximate surface area is 132 Å². The Bertz CT molecular complexity index is 507. The number of hydrogen-bond donors (Lipinski definition) is 2. The SMILES string of the molecule is CN(C)Cc1cc(CN=C(N)NC2CCCCC2)ccc1F. The number of aliphatic imine (C=N–C) groups is 1. The van der Waals surface area contributed by atoms with E-state index in [0.717, 1.165) is 5.56 Å². The van der Waals surface area contributed by atoms with Crippen LogP contribution < -0.4 is 11.1 Å². The van der Waals surface area contributed by atoms with Crippen LogP contribution in [0.1, 0.15) is 43.2 Å². The Balaban J connectivity index is 1.93. The van der Waals surface area contributed by atoms with E-state index in [2.05, 4.69) is 10.3 Å². The van der Waals surface area contributed by atoms with E-state index >= 15 is 0 Å². The largest absolute Gasteiger partial charge is 0.370 e. The van der Waals surface area contributed by atoms with Gasteiger partial charge in [0.1, 0.15) is 5.82 Å². The van der Waals surface area contributed by atoms with Crippen LogP contribution in [0.15, 0.2) is 23.2 Å². The fourth-order valence-electron chi connectivity index (χ4n) is 2.87. The predicted molar refractivity (Wildman–Crippen MR) is 89.1 cm³/mol. The lowest BCUT2D eigenvalue weighted by Crippen LogP contribution is -2.41. The smallest absolute Gasteiger partial charge is 0.189 e. The summed E-state index contributed by atoms with van der Waals surface area (Å²) in [4.78, 5) is 6.33. The van der Waals surface area contributed by atoms with Crippen LogP contribution in [0.25, 0.3) is 0 Å². The van der Waals surface area contributed by atoms with Gasteiger partial charge in [-0.05, 0) is 44.6 Å². The molecular formula is C17H27FN4. The highest BCUT2D eigenvalue weighted by atomic mass is 19.1. The minimum atomic E-state index is -0.172. The molecule has 0 aromatic heterocycles. The molecule has 0 heterocycles. The third-order valence-electron chi connectivity index (χ3n) is 3.99. The van der Waals surface area contributed by atoms with E-state index in [0.29, 0.717) is 30.7 Å². The summed E-state index contributed by atoms with van der Waals surface area (Å²) in [6, 6.07) is 5.60. The summed E-state index contributed by atoms with van der Waals surface area (Å²) in [6.45, 7) is 1.06. The minimum Gasteiger partial charge on any atom is -0.370 e. The maximum atomic E-state index is 13.7. The van der Waals surface area contributed by atoms with Crippen LogP contribution >= 0.6 is 0 Å². The van der Waals surface area contributed by atoms with Crippen molar-refractivity contribution < 1.29 is 4.39 Å². The van der Waals surface area contributed by atoms with Gasteiger partial charge in [0.05, 0.1) is 6.54 Å². The summed E-state index contributed by atoms with van der Waals surface area (Å²) in [6.07, 6.45) is 6.17. The van der Waals surface area contributed by atoms with Crippen LogP contribution in [0, 0.1) is 5.82 Å². The average Bonchev–Trinajstić information content (AvgIpc) is 2.48. The Morgan fingerprint density at radius 1 is 1.32 bits per heavy atom. The second-order valence-corrected chi connectivity index (χ2v) is 6.34. The van der Waals surface area contributed by atoms with Gasteiger partial charge in [-0.3, -0.25) is 0 Å². The van der Waals surface area contributed by atoms with Crippen LogP contribution in [-0.4, -0.2) is 31.0 Å².